The molecule has 1 atom stereocenters. The van der Waals surface area contributed by atoms with Crippen molar-refractivity contribution in [2.24, 2.45) is 5.92 Å². The monoisotopic (exact) mass is 506 g/mol. The number of ether oxygens (including phenoxy) is 1. The summed E-state index contributed by atoms with van der Waals surface area (Å²) in [5.74, 6) is 0.497. The van der Waals surface area contributed by atoms with Gasteiger partial charge in [0.05, 0.1) is 0 Å². The van der Waals surface area contributed by atoms with Crippen LogP contribution in [0.2, 0.25) is 5.02 Å². The van der Waals surface area contributed by atoms with Gasteiger partial charge in [0.25, 0.3) is 5.91 Å². The van der Waals surface area contributed by atoms with Gasteiger partial charge >= 0.3 is 0 Å². The summed E-state index contributed by atoms with van der Waals surface area (Å²) in [7, 11) is 0. The molecule has 5 nitrogen and oxygen atoms in total. The third-order valence-corrected chi connectivity index (χ3v) is 6.34. The van der Waals surface area contributed by atoms with Gasteiger partial charge in [-0.15, -0.1) is 0 Å². The van der Waals surface area contributed by atoms with Gasteiger partial charge in [0.1, 0.15) is 11.8 Å². The first kappa shape index (κ1) is 27.3. The maximum atomic E-state index is 13.7. The number of rotatable bonds is 11. The van der Waals surface area contributed by atoms with Gasteiger partial charge in [-0.25, -0.2) is 0 Å². The fraction of sp³-hybridized carbons (Fsp3) is 0.333. The third kappa shape index (κ3) is 7.85. The maximum absolute atomic E-state index is 13.7. The van der Waals surface area contributed by atoms with E-state index < -0.39 is 6.04 Å². The number of amides is 2. The molecule has 1 unspecified atom stereocenters. The molecule has 6 heteroatoms. The smallest absolute Gasteiger partial charge is 0.261 e. The number of benzene rings is 3. The van der Waals surface area contributed by atoms with Crippen LogP contribution in [-0.4, -0.2) is 35.9 Å². The average Bonchev–Trinajstić information content (AvgIpc) is 2.86. The predicted molar refractivity (Wildman–Crippen MR) is 145 cm³/mol. The fourth-order valence-electron chi connectivity index (χ4n) is 3.91. The standard InChI is InChI=1S/C30H35ClN2O3/c1-21(2)18-32-30(35)27(17-24-11-6-5-7-12-24)33(19-25-13-9-14-26(31)16-25)29(34)20-36-28-15-8-10-22(3)23(28)4/h5-16,21,27H,17-20H2,1-4H3,(H,32,35). The van der Waals surface area contributed by atoms with E-state index in [0.29, 0.717) is 23.7 Å². The van der Waals surface area contributed by atoms with Crippen LogP contribution >= 0.6 is 11.6 Å². The van der Waals surface area contributed by atoms with Crippen molar-refractivity contribution in [3.8, 4) is 5.75 Å². The minimum absolute atomic E-state index is 0.173. The topological polar surface area (TPSA) is 58.6 Å². The molecular formula is C30H35ClN2O3. The van der Waals surface area contributed by atoms with E-state index in [-0.39, 0.29) is 30.9 Å². The number of halogens is 1. The summed E-state index contributed by atoms with van der Waals surface area (Å²) >= 11 is 6.23. The molecule has 3 aromatic carbocycles. The lowest BCUT2D eigenvalue weighted by Crippen LogP contribution is -2.52. The van der Waals surface area contributed by atoms with Crippen LogP contribution in [0.3, 0.4) is 0 Å². The van der Waals surface area contributed by atoms with Crippen molar-refractivity contribution in [1.82, 2.24) is 10.2 Å². The van der Waals surface area contributed by atoms with Crippen LogP contribution in [0.25, 0.3) is 0 Å². The van der Waals surface area contributed by atoms with Crippen LogP contribution < -0.4 is 10.1 Å². The molecule has 3 aromatic rings. The quantitative estimate of drug-likeness (QED) is 0.360. The lowest BCUT2D eigenvalue weighted by molar-refractivity contribution is -0.142. The van der Waals surface area contributed by atoms with Crippen LogP contribution in [-0.2, 0) is 22.6 Å². The highest BCUT2D eigenvalue weighted by Gasteiger charge is 2.31. The molecule has 2 amide bonds. The summed E-state index contributed by atoms with van der Waals surface area (Å²) in [5, 5.41) is 3.60. The van der Waals surface area contributed by atoms with Crippen LogP contribution in [0.1, 0.15) is 36.1 Å². The van der Waals surface area contributed by atoms with Crippen molar-refractivity contribution in [2.45, 2.75) is 46.7 Å². The van der Waals surface area contributed by atoms with Gasteiger partial charge in [-0.1, -0.05) is 80.0 Å². The van der Waals surface area contributed by atoms with Gasteiger partial charge < -0.3 is 15.0 Å². The summed E-state index contributed by atoms with van der Waals surface area (Å²) in [4.78, 5) is 28.7. The SMILES string of the molecule is Cc1cccc(OCC(=O)N(Cc2cccc(Cl)c2)C(Cc2ccccc2)C(=O)NCC(C)C)c1C. The number of hydrogen-bond acceptors (Lipinski definition) is 3. The summed E-state index contributed by atoms with van der Waals surface area (Å²) in [6.07, 6.45) is 0.389. The van der Waals surface area contributed by atoms with E-state index in [0.717, 1.165) is 22.3 Å². The zero-order valence-corrected chi connectivity index (χ0v) is 22.2. The molecule has 0 aliphatic heterocycles. The second-order valence-electron chi connectivity index (χ2n) is 9.48. The summed E-state index contributed by atoms with van der Waals surface area (Å²) in [6, 6.07) is 22.2. The summed E-state index contributed by atoms with van der Waals surface area (Å²) in [5.41, 5.74) is 3.90. The largest absolute Gasteiger partial charge is 0.483 e. The van der Waals surface area contributed by atoms with E-state index in [1.54, 1.807) is 11.0 Å². The number of hydrogen-bond donors (Lipinski definition) is 1. The molecule has 0 saturated heterocycles. The molecule has 0 bridgehead atoms. The molecule has 36 heavy (non-hydrogen) atoms. The Labute approximate surface area is 219 Å². The van der Waals surface area contributed by atoms with Gasteiger partial charge in [0.2, 0.25) is 5.91 Å². The minimum Gasteiger partial charge on any atom is -0.483 e. The van der Waals surface area contributed by atoms with Crippen molar-refractivity contribution in [2.75, 3.05) is 13.2 Å². The number of carbonyl (C=O) groups excluding carboxylic acids is 2. The lowest BCUT2D eigenvalue weighted by atomic mass is 10.0. The number of nitrogens with one attached hydrogen (secondary N) is 1. The third-order valence-electron chi connectivity index (χ3n) is 6.10. The van der Waals surface area contributed by atoms with Gasteiger partial charge in [-0.05, 0) is 60.2 Å². The van der Waals surface area contributed by atoms with Crippen molar-refractivity contribution in [1.29, 1.82) is 0 Å². The van der Waals surface area contributed by atoms with Gasteiger partial charge in [0.15, 0.2) is 6.61 Å². The Morgan fingerprint density at radius 3 is 2.33 bits per heavy atom. The molecule has 3 rings (SSSR count). The molecule has 0 fully saturated rings. The van der Waals surface area contributed by atoms with Crippen molar-refractivity contribution >= 4 is 23.4 Å². The first-order chi connectivity index (χ1) is 17.2. The maximum Gasteiger partial charge on any atom is 0.261 e. The second kappa shape index (κ2) is 13.1. The number of carbonyl (C=O) groups is 2. The highest BCUT2D eigenvalue weighted by molar-refractivity contribution is 6.30. The first-order valence-electron chi connectivity index (χ1n) is 12.3. The zero-order valence-electron chi connectivity index (χ0n) is 21.5. The summed E-state index contributed by atoms with van der Waals surface area (Å²) in [6.45, 7) is 8.65. The zero-order chi connectivity index (χ0) is 26.1. The van der Waals surface area contributed by atoms with Crippen LogP contribution in [0.15, 0.2) is 72.8 Å². The van der Waals surface area contributed by atoms with E-state index in [2.05, 4.69) is 5.32 Å². The molecule has 1 N–H and O–H groups in total. The normalized spacial score (nSPS) is 11.7. The van der Waals surface area contributed by atoms with Gasteiger partial charge in [0, 0.05) is 24.5 Å². The molecule has 0 heterocycles. The Kier molecular flexibility index (Phi) is 9.95. The molecule has 0 radical (unpaired) electrons. The molecular weight excluding hydrogens is 472 g/mol. The second-order valence-corrected chi connectivity index (χ2v) is 9.92. The van der Waals surface area contributed by atoms with E-state index in [9.17, 15) is 9.59 Å². The van der Waals surface area contributed by atoms with Crippen molar-refractivity contribution < 1.29 is 14.3 Å². The summed E-state index contributed by atoms with van der Waals surface area (Å²) < 4.78 is 5.95. The Morgan fingerprint density at radius 2 is 1.64 bits per heavy atom. The molecule has 0 aliphatic rings. The Bertz CT molecular complexity index is 1160. The highest BCUT2D eigenvalue weighted by atomic mass is 35.5. The molecule has 0 aliphatic carbocycles. The Balaban J connectivity index is 1.92. The van der Waals surface area contributed by atoms with E-state index in [1.807, 2.05) is 94.4 Å². The van der Waals surface area contributed by atoms with Gasteiger partial charge in [-0.3, -0.25) is 9.59 Å². The fourth-order valence-corrected chi connectivity index (χ4v) is 4.12. The highest BCUT2D eigenvalue weighted by Crippen LogP contribution is 2.22. The van der Waals surface area contributed by atoms with Crippen LogP contribution in [0, 0.1) is 19.8 Å². The van der Waals surface area contributed by atoms with Crippen molar-refractivity contribution in [3.05, 3.63) is 100 Å². The number of nitrogens with zero attached hydrogens (tertiary/aromatic N) is 1. The molecule has 0 aromatic heterocycles. The lowest BCUT2D eigenvalue weighted by Gasteiger charge is -2.32. The van der Waals surface area contributed by atoms with Crippen molar-refractivity contribution in [3.63, 3.8) is 0 Å². The van der Waals surface area contributed by atoms with Crippen LogP contribution in [0.4, 0.5) is 0 Å². The van der Waals surface area contributed by atoms with Crippen LogP contribution in [0.5, 0.6) is 5.75 Å². The Hall–Kier alpha value is -3.31. The molecule has 0 saturated carbocycles. The van der Waals surface area contributed by atoms with E-state index >= 15 is 0 Å². The average molecular weight is 507 g/mol. The first-order valence-corrected chi connectivity index (χ1v) is 12.7. The minimum atomic E-state index is -0.708. The van der Waals surface area contributed by atoms with E-state index in [4.69, 9.17) is 16.3 Å². The molecule has 190 valence electrons. The molecule has 0 spiro atoms. The Morgan fingerprint density at radius 1 is 0.944 bits per heavy atom. The number of aryl methyl sites for hydroxylation is 1. The van der Waals surface area contributed by atoms with Gasteiger partial charge in [-0.2, -0.15) is 0 Å². The van der Waals surface area contributed by atoms with E-state index in [1.165, 1.54) is 0 Å². The predicted octanol–water partition coefficient (Wildman–Crippen LogP) is 5.75.